The minimum atomic E-state index is -0.180. The highest BCUT2D eigenvalue weighted by Crippen LogP contribution is 2.35. The maximum absolute atomic E-state index is 12.5. The molecule has 1 aromatic heterocycles. The van der Waals surface area contributed by atoms with E-state index in [0.29, 0.717) is 33.4 Å². The highest BCUT2D eigenvalue weighted by Gasteiger charge is 2.16. The van der Waals surface area contributed by atoms with Gasteiger partial charge in [0, 0.05) is 17.1 Å². The molecule has 0 aliphatic rings. The fraction of sp³-hybridized carbons (Fsp3) is 0.158. The van der Waals surface area contributed by atoms with Crippen molar-refractivity contribution in [3.63, 3.8) is 0 Å². The van der Waals surface area contributed by atoms with E-state index in [2.05, 4.69) is 27.6 Å². The fourth-order valence-electron chi connectivity index (χ4n) is 2.51. The molecule has 0 saturated heterocycles. The first kappa shape index (κ1) is 18.7. The third kappa shape index (κ3) is 3.71. The molecule has 5 nitrogen and oxygen atoms in total. The lowest BCUT2D eigenvalue weighted by Crippen LogP contribution is -2.13. The van der Waals surface area contributed by atoms with E-state index in [9.17, 15) is 4.79 Å². The topological polar surface area (TPSA) is 57.7 Å². The first-order chi connectivity index (χ1) is 12.5. The van der Waals surface area contributed by atoms with Crippen LogP contribution in [0.15, 0.2) is 42.6 Å². The number of ether oxygens (including phenoxy) is 3. The minimum absolute atomic E-state index is 0.126. The molecule has 26 heavy (non-hydrogen) atoms. The van der Waals surface area contributed by atoms with Gasteiger partial charge in [-0.15, -0.1) is 0 Å². The number of hydrogen-bond acceptors (Lipinski definition) is 5. The van der Waals surface area contributed by atoms with Crippen LogP contribution in [0, 0.1) is 3.57 Å². The van der Waals surface area contributed by atoms with E-state index in [0.717, 1.165) is 8.96 Å². The number of carbonyl (C=O) groups excluding carboxylic acids is 1. The van der Waals surface area contributed by atoms with Gasteiger partial charge < -0.3 is 14.2 Å². The molecule has 0 fully saturated rings. The number of pyridine rings is 1. The number of carbonyl (C=O) groups is 1. The van der Waals surface area contributed by atoms with Crippen molar-refractivity contribution < 1.29 is 19.0 Å². The number of benzene rings is 2. The largest absolute Gasteiger partial charge is 0.493 e. The molecule has 2 aromatic carbocycles. The van der Waals surface area contributed by atoms with Gasteiger partial charge in [0.15, 0.2) is 29.6 Å². The zero-order chi connectivity index (χ0) is 18.7. The van der Waals surface area contributed by atoms with Crippen molar-refractivity contribution in [2.75, 3.05) is 20.8 Å². The Hall–Kier alpha value is -2.06. The molecule has 0 bridgehead atoms. The molecule has 0 unspecified atom stereocenters. The molecule has 0 spiro atoms. The zero-order valence-electron chi connectivity index (χ0n) is 14.1. The second-order valence-corrected chi connectivity index (χ2v) is 6.92. The highest BCUT2D eigenvalue weighted by molar-refractivity contribution is 14.1. The van der Waals surface area contributed by atoms with Gasteiger partial charge in [-0.1, -0.05) is 11.6 Å². The van der Waals surface area contributed by atoms with Crippen molar-refractivity contribution >= 4 is 50.9 Å². The van der Waals surface area contributed by atoms with Crippen LogP contribution in [0.1, 0.15) is 10.4 Å². The quantitative estimate of drug-likeness (QED) is 0.373. The predicted octanol–water partition coefficient (Wildman–Crippen LogP) is 4.77. The first-order valence-corrected chi connectivity index (χ1v) is 9.11. The van der Waals surface area contributed by atoms with E-state index in [4.69, 9.17) is 25.8 Å². The van der Waals surface area contributed by atoms with E-state index in [1.807, 2.05) is 6.07 Å². The predicted molar refractivity (Wildman–Crippen MR) is 109 cm³/mol. The van der Waals surface area contributed by atoms with E-state index >= 15 is 0 Å². The van der Waals surface area contributed by atoms with Gasteiger partial charge in [0.1, 0.15) is 5.52 Å². The molecule has 0 N–H and O–H groups in total. The van der Waals surface area contributed by atoms with Crippen LogP contribution in [0.2, 0.25) is 5.02 Å². The first-order valence-electron chi connectivity index (χ1n) is 7.66. The lowest BCUT2D eigenvalue weighted by molar-refractivity contribution is 0.0921. The number of nitrogens with zero attached hydrogens (tertiary/aromatic N) is 1. The molecule has 0 radical (unpaired) electrons. The van der Waals surface area contributed by atoms with Crippen LogP contribution in [0.5, 0.6) is 17.2 Å². The lowest BCUT2D eigenvalue weighted by Gasteiger charge is -2.12. The van der Waals surface area contributed by atoms with Crippen molar-refractivity contribution in [1.82, 2.24) is 4.98 Å². The van der Waals surface area contributed by atoms with E-state index in [1.165, 1.54) is 7.11 Å². The Morgan fingerprint density at radius 2 is 1.92 bits per heavy atom. The van der Waals surface area contributed by atoms with E-state index in [1.54, 1.807) is 43.6 Å². The Kier molecular flexibility index (Phi) is 5.83. The zero-order valence-corrected chi connectivity index (χ0v) is 17.0. The highest BCUT2D eigenvalue weighted by atomic mass is 127. The number of Topliss-reactive ketones (excluding diaryl/α,β-unsaturated/α-hetero) is 1. The second kappa shape index (κ2) is 8.09. The summed E-state index contributed by atoms with van der Waals surface area (Å²) < 4.78 is 17.0. The number of ketones is 1. The summed E-state index contributed by atoms with van der Waals surface area (Å²) in [5.74, 6) is 1.42. The number of halogens is 2. The van der Waals surface area contributed by atoms with Crippen LogP contribution >= 0.6 is 34.2 Å². The Morgan fingerprint density at radius 3 is 2.65 bits per heavy atom. The molecule has 0 aliphatic heterocycles. The summed E-state index contributed by atoms with van der Waals surface area (Å²) in [4.78, 5) is 16.9. The standard InChI is InChI=1S/C19H15ClINO4/c1-24-16-6-5-11(8-17(16)25-2)15(23)10-26-19-14(21)9-13(20)12-4-3-7-22-18(12)19/h3-9H,10H2,1-2H3. The van der Waals surface area contributed by atoms with Crippen LogP contribution in [-0.2, 0) is 0 Å². The van der Waals surface area contributed by atoms with Crippen LogP contribution < -0.4 is 14.2 Å². The van der Waals surface area contributed by atoms with Gasteiger partial charge in [-0.25, -0.2) is 0 Å². The number of methoxy groups -OCH3 is 2. The Bertz CT molecular complexity index is 977. The normalized spacial score (nSPS) is 10.6. The van der Waals surface area contributed by atoms with Gasteiger partial charge in [-0.2, -0.15) is 0 Å². The average Bonchev–Trinajstić information content (AvgIpc) is 2.67. The van der Waals surface area contributed by atoms with Crippen molar-refractivity contribution in [1.29, 1.82) is 0 Å². The molecule has 3 rings (SSSR count). The molecule has 0 atom stereocenters. The number of fused-ring (bicyclic) bond motifs is 1. The van der Waals surface area contributed by atoms with Crippen molar-refractivity contribution in [2.24, 2.45) is 0 Å². The summed E-state index contributed by atoms with van der Waals surface area (Å²) in [5.41, 5.74) is 1.10. The van der Waals surface area contributed by atoms with Gasteiger partial charge in [0.25, 0.3) is 0 Å². The van der Waals surface area contributed by atoms with Crippen LogP contribution in [-0.4, -0.2) is 31.6 Å². The van der Waals surface area contributed by atoms with Crippen molar-refractivity contribution in [2.45, 2.75) is 0 Å². The second-order valence-electron chi connectivity index (χ2n) is 5.35. The SMILES string of the molecule is COc1ccc(C(=O)COc2c(I)cc(Cl)c3cccnc23)cc1OC. The van der Waals surface area contributed by atoms with Crippen molar-refractivity contribution in [3.8, 4) is 17.2 Å². The van der Waals surface area contributed by atoms with E-state index < -0.39 is 0 Å². The molecule has 7 heteroatoms. The number of aromatic nitrogens is 1. The maximum atomic E-state index is 12.5. The van der Waals surface area contributed by atoms with Gasteiger partial charge in [-0.05, 0) is 59.0 Å². The Balaban J connectivity index is 1.86. The van der Waals surface area contributed by atoms with E-state index in [-0.39, 0.29) is 12.4 Å². The summed E-state index contributed by atoms with van der Waals surface area (Å²) in [6, 6.07) is 10.5. The minimum Gasteiger partial charge on any atom is -0.493 e. The Morgan fingerprint density at radius 1 is 1.15 bits per heavy atom. The maximum Gasteiger partial charge on any atom is 0.200 e. The summed E-state index contributed by atoms with van der Waals surface area (Å²) in [7, 11) is 3.07. The monoisotopic (exact) mass is 483 g/mol. The molecule has 1 heterocycles. The number of hydrogen-bond donors (Lipinski definition) is 0. The summed E-state index contributed by atoms with van der Waals surface area (Å²) in [6.45, 7) is -0.126. The molecule has 3 aromatic rings. The molecule has 0 aliphatic carbocycles. The van der Waals surface area contributed by atoms with Gasteiger partial charge in [0.05, 0.1) is 22.8 Å². The average molecular weight is 484 g/mol. The van der Waals surface area contributed by atoms with Gasteiger partial charge in [-0.3, -0.25) is 9.78 Å². The lowest BCUT2D eigenvalue weighted by atomic mass is 10.1. The van der Waals surface area contributed by atoms with Gasteiger partial charge in [0.2, 0.25) is 0 Å². The van der Waals surface area contributed by atoms with Crippen molar-refractivity contribution in [3.05, 3.63) is 56.8 Å². The summed E-state index contributed by atoms with van der Waals surface area (Å²) >= 11 is 8.38. The fourth-order valence-corrected chi connectivity index (χ4v) is 3.68. The molecule has 134 valence electrons. The van der Waals surface area contributed by atoms with Crippen LogP contribution in [0.25, 0.3) is 10.9 Å². The van der Waals surface area contributed by atoms with Gasteiger partial charge >= 0.3 is 0 Å². The van der Waals surface area contributed by atoms with Crippen LogP contribution in [0.4, 0.5) is 0 Å². The number of rotatable bonds is 6. The van der Waals surface area contributed by atoms with Crippen LogP contribution in [0.3, 0.4) is 0 Å². The molecule has 0 saturated carbocycles. The smallest absolute Gasteiger partial charge is 0.200 e. The molecule has 0 amide bonds. The third-order valence-corrected chi connectivity index (χ3v) is 4.92. The Labute approximate surface area is 169 Å². The molecular formula is C19H15ClINO4. The summed E-state index contributed by atoms with van der Waals surface area (Å²) in [5, 5.41) is 1.37. The molecular weight excluding hydrogens is 469 g/mol. The summed E-state index contributed by atoms with van der Waals surface area (Å²) in [6.07, 6.45) is 1.66. The third-order valence-electron chi connectivity index (χ3n) is 3.80.